The summed E-state index contributed by atoms with van der Waals surface area (Å²) in [5.74, 6) is 2.53. The fraction of sp³-hybridized carbons (Fsp3) is 0.320. The predicted octanol–water partition coefficient (Wildman–Crippen LogP) is 3.31. The van der Waals surface area contributed by atoms with E-state index < -0.39 is 0 Å². The number of hydrogen-bond donors (Lipinski definition) is 0. The maximum Gasteiger partial charge on any atom is 0.271 e. The van der Waals surface area contributed by atoms with E-state index in [2.05, 4.69) is 21.6 Å². The van der Waals surface area contributed by atoms with E-state index in [0.29, 0.717) is 6.54 Å². The molecule has 0 saturated carbocycles. The van der Waals surface area contributed by atoms with Crippen LogP contribution < -0.4 is 14.2 Å². The summed E-state index contributed by atoms with van der Waals surface area (Å²) in [6.45, 7) is 3.41. The number of likely N-dealkylation sites (tertiary alicyclic amines) is 1. The Bertz CT molecular complexity index is 1160. The van der Waals surface area contributed by atoms with Gasteiger partial charge in [0.05, 0.1) is 19.2 Å². The summed E-state index contributed by atoms with van der Waals surface area (Å²) >= 11 is 0. The normalized spacial score (nSPS) is 21.5. The van der Waals surface area contributed by atoms with Crippen molar-refractivity contribution in [3.05, 3.63) is 77.6 Å². The van der Waals surface area contributed by atoms with Crippen LogP contribution in [0.25, 0.3) is 0 Å². The number of aromatic nitrogens is 1. The molecule has 1 saturated heterocycles. The molecule has 164 valence electrons. The SMILES string of the molecule is COc1ccc(CN2C(=O)c3cccn3[C@H]3CN(Cc4ccc5c(c4)OCO5)C[C@H]32)cc1. The van der Waals surface area contributed by atoms with Crippen LogP contribution in [0.5, 0.6) is 17.2 Å². The molecular formula is C25H25N3O4. The van der Waals surface area contributed by atoms with Gasteiger partial charge in [0.25, 0.3) is 5.91 Å². The van der Waals surface area contributed by atoms with Crippen molar-refractivity contribution in [1.29, 1.82) is 0 Å². The molecule has 32 heavy (non-hydrogen) atoms. The van der Waals surface area contributed by atoms with Crippen LogP contribution in [0.4, 0.5) is 0 Å². The van der Waals surface area contributed by atoms with E-state index in [1.54, 1.807) is 7.11 Å². The molecule has 3 aliphatic rings. The van der Waals surface area contributed by atoms with Gasteiger partial charge in [-0.05, 0) is 47.5 Å². The number of fused-ring (bicyclic) bond motifs is 4. The van der Waals surface area contributed by atoms with Crippen LogP contribution in [-0.2, 0) is 13.1 Å². The Morgan fingerprint density at radius 3 is 2.56 bits per heavy atom. The minimum atomic E-state index is 0.0944. The Morgan fingerprint density at radius 2 is 1.72 bits per heavy atom. The lowest BCUT2D eigenvalue weighted by molar-refractivity contribution is 0.0556. The van der Waals surface area contributed by atoms with Gasteiger partial charge in [-0.3, -0.25) is 9.69 Å². The van der Waals surface area contributed by atoms with E-state index in [1.165, 1.54) is 5.56 Å². The van der Waals surface area contributed by atoms with Gasteiger partial charge in [0.15, 0.2) is 11.5 Å². The Kier molecular flexibility index (Phi) is 4.57. The fourth-order valence-electron chi connectivity index (χ4n) is 5.13. The molecule has 0 aliphatic carbocycles. The molecule has 3 aliphatic heterocycles. The average Bonchev–Trinajstić information content (AvgIpc) is 3.56. The third kappa shape index (κ3) is 3.20. The Hall–Kier alpha value is -3.45. The number of benzene rings is 2. The van der Waals surface area contributed by atoms with Crippen molar-refractivity contribution in [2.45, 2.75) is 25.2 Å². The van der Waals surface area contributed by atoms with Crippen LogP contribution in [-0.4, -0.2) is 53.3 Å². The Labute approximate surface area is 186 Å². The first-order valence-electron chi connectivity index (χ1n) is 10.9. The number of carbonyl (C=O) groups excluding carboxylic acids is 1. The minimum absolute atomic E-state index is 0.0944. The van der Waals surface area contributed by atoms with E-state index in [0.717, 1.165) is 48.1 Å². The molecule has 6 rings (SSSR count). The monoisotopic (exact) mass is 431 g/mol. The second-order valence-electron chi connectivity index (χ2n) is 8.60. The lowest BCUT2D eigenvalue weighted by atomic mass is 10.0. The highest BCUT2D eigenvalue weighted by atomic mass is 16.7. The Morgan fingerprint density at radius 1 is 0.938 bits per heavy atom. The Balaban J connectivity index is 1.25. The van der Waals surface area contributed by atoms with E-state index in [1.807, 2.05) is 53.6 Å². The number of methoxy groups -OCH3 is 1. The van der Waals surface area contributed by atoms with Crippen LogP contribution >= 0.6 is 0 Å². The quantitative estimate of drug-likeness (QED) is 0.621. The second-order valence-corrected chi connectivity index (χ2v) is 8.60. The first-order valence-corrected chi connectivity index (χ1v) is 10.9. The van der Waals surface area contributed by atoms with Crippen LogP contribution in [0.3, 0.4) is 0 Å². The summed E-state index contributed by atoms with van der Waals surface area (Å²) in [6.07, 6.45) is 2.04. The number of carbonyl (C=O) groups is 1. The highest BCUT2D eigenvalue weighted by Crippen LogP contribution is 2.37. The molecule has 0 spiro atoms. The van der Waals surface area contributed by atoms with Gasteiger partial charge in [0.2, 0.25) is 6.79 Å². The van der Waals surface area contributed by atoms with Crippen molar-refractivity contribution in [2.75, 3.05) is 27.0 Å². The summed E-state index contributed by atoms with van der Waals surface area (Å²) in [4.78, 5) is 17.8. The van der Waals surface area contributed by atoms with Crippen molar-refractivity contribution >= 4 is 5.91 Å². The van der Waals surface area contributed by atoms with Crippen LogP contribution in [0.15, 0.2) is 60.8 Å². The van der Waals surface area contributed by atoms with Crippen LogP contribution in [0.1, 0.15) is 27.7 Å². The number of rotatable bonds is 5. The van der Waals surface area contributed by atoms with E-state index in [9.17, 15) is 4.79 Å². The number of ether oxygens (including phenoxy) is 3. The zero-order valence-corrected chi connectivity index (χ0v) is 17.9. The molecule has 4 heterocycles. The third-order valence-corrected chi connectivity index (χ3v) is 6.71. The van der Waals surface area contributed by atoms with Crippen molar-refractivity contribution in [2.24, 2.45) is 0 Å². The molecule has 7 heteroatoms. The van der Waals surface area contributed by atoms with Gasteiger partial charge in [0, 0.05) is 32.4 Å². The van der Waals surface area contributed by atoms with Crippen molar-refractivity contribution in [1.82, 2.24) is 14.4 Å². The third-order valence-electron chi connectivity index (χ3n) is 6.71. The summed E-state index contributed by atoms with van der Waals surface area (Å²) in [5.41, 5.74) is 3.06. The molecular weight excluding hydrogens is 406 g/mol. The number of nitrogens with zero attached hydrogens (tertiary/aromatic N) is 3. The van der Waals surface area contributed by atoms with E-state index in [4.69, 9.17) is 14.2 Å². The first kappa shape index (κ1) is 19.3. The average molecular weight is 431 g/mol. The maximum absolute atomic E-state index is 13.4. The van der Waals surface area contributed by atoms with Gasteiger partial charge in [-0.1, -0.05) is 18.2 Å². The smallest absolute Gasteiger partial charge is 0.271 e. The second kappa shape index (κ2) is 7.60. The van der Waals surface area contributed by atoms with Crippen LogP contribution in [0.2, 0.25) is 0 Å². The van der Waals surface area contributed by atoms with E-state index >= 15 is 0 Å². The molecule has 3 aromatic rings. The lowest BCUT2D eigenvalue weighted by Gasteiger charge is -2.38. The topological polar surface area (TPSA) is 56.2 Å². The molecule has 0 N–H and O–H groups in total. The van der Waals surface area contributed by atoms with Crippen molar-refractivity contribution < 1.29 is 19.0 Å². The first-order chi connectivity index (χ1) is 15.7. The molecule has 1 aromatic heterocycles. The summed E-state index contributed by atoms with van der Waals surface area (Å²) < 4.78 is 18.4. The molecule has 7 nitrogen and oxygen atoms in total. The molecule has 1 fully saturated rings. The summed E-state index contributed by atoms with van der Waals surface area (Å²) in [7, 11) is 1.66. The zero-order valence-electron chi connectivity index (χ0n) is 17.9. The highest BCUT2D eigenvalue weighted by molar-refractivity contribution is 5.94. The van der Waals surface area contributed by atoms with Gasteiger partial charge in [0.1, 0.15) is 11.4 Å². The predicted molar refractivity (Wildman–Crippen MR) is 118 cm³/mol. The number of hydrogen-bond acceptors (Lipinski definition) is 5. The molecule has 0 bridgehead atoms. The van der Waals surface area contributed by atoms with Crippen molar-refractivity contribution in [3.63, 3.8) is 0 Å². The fourth-order valence-corrected chi connectivity index (χ4v) is 5.13. The maximum atomic E-state index is 13.4. The van der Waals surface area contributed by atoms with Gasteiger partial charge >= 0.3 is 0 Å². The minimum Gasteiger partial charge on any atom is -0.497 e. The summed E-state index contributed by atoms with van der Waals surface area (Å²) in [6, 6.07) is 18.4. The molecule has 1 amide bonds. The molecule has 2 aromatic carbocycles. The zero-order chi connectivity index (χ0) is 21.7. The lowest BCUT2D eigenvalue weighted by Crippen LogP contribution is -2.49. The molecule has 2 atom stereocenters. The van der Waals surface area contributed by atoms with E-state index in [-0.39, 0.29) is 24.8 Å². The van der Waals surface area contributed by atoms with Gasteiger partial charge in [-0.2, -0.15) is 0 Å². The van der Waals surface area contributed by atoms with Gasteiger partial charge in [-0.25, -0.2) is 0 Å². The van der Waals surface area contributed by atoms with Crippen LogP contribution in [0, 0.1) is 0 Å². The van der Waals surface area contributed by atoms with Gasteiger partial charge in [-0.15, -0.1) is 0 Å². The molecule has 0 unspecified atom stereocenters. The van der Waals surface area contributed by atoms with Gasteiger partial charge < -0.3 is 23.7 Å². The molecule has 0 radical (unpaired) electrons. The standard InChI is InChI=1S/C25H25N3O4/c1-30-19-7-4-17(5-8-19)13-28-22-15-26(12-18-6-9-23-24(11-18)32-16-31-23)14-21(22)27-10-2-3-20(27)25(28)29/h2-11,21-22H,12-16H2,1H3/t21-,22+/m0/s1. The van der Waals surface area contributed by atoms with Crippen molar-refractivity contribution in [3.8, 4) is 17.2 Å². The highest BCUT2D eigenvalue weighted by Gasteiger charge is 2.44. The largest absolute Gasteiger partial charge is 0.497 e. The summed E-state index contributed by atoms with van der Waals surface area (Å²) in [5, 5.41) is 0. The number of amides is 1.